The second-order valence-corrected chi connectivity index (χ2v) is 9.07. The van der Waals surface area contributed by atoms with E-state index in [2.05, 4.69) is 27.3 Å². The Bertz CT molecular complexity index is 1410. The topological polar surface area (TPSA) is 83.3 Å². The van der Waals surface area contributed by atoms with Gasteiger partial charge in [0.2, 0.25) is 0 Å². The lowest BCUT2D eigenvalue weighted by Gasteiger charge is -2.14. The number of benzene rings is 2. The Hall–Kier alpha value is -2.91. The van der Waals surface area contributed by atoms with Gasteiger partial charge >= 0.3 is 0 Å². The molecule has 0 radical (unpaired) electrons. The van der Waals surface area contributed by atoms with Crippen LogP contribution in [0.4, 0.5) is 15.8 Å². The molecule has 1 saturated heterocycles. The SMILES string of the molecule is CC(=O)c1cnc2ccc(-c3cc(F)c(O)c(Cl)c3)cc2c1Nc1cnn(C2CCN(C)C2)c1.Cl.Cl. The number of carbonyl (C=O) groups excluding carboxylic acids is 1. The lowest BCUT2D eigenvalue weighted by molar-refractivity contribution is 0.101. The lowest BCUT2D eigenvalue weighted by Crippen LogP contribution is -2.16. The number of anilines is 2. The molecule has 2 N–H and O–H groups in total. The highest BCUT2D eigenvalue weighted by Crippen LogP contribution is 2.36. The standard InChI is InChI=1S/C25H23ClFN5O2.2ClH/c1-14(33)20-11-28-23-4-3-15(16-8-21(26)25(34)22(27)9-16)7-19(23)24(20)30-17-10-29-32(12-17)18-5-6-31(2)13-18;;/h3-4,7-12,18,34H,5-6,13H2,1-2H3,(H,28,30);2*1H. The average Bonchev–Trinajstić information content (AvgIpc) is 3.45. The number of pyridine rings is 1. The molecule has 1 aliphatic rings. The van der Waals surface area contributed by atoms with Crippen molar-refractivity contribution in [2.24, 2.45) is 0 Å². The maximum atomic E-state index is 14.1. The highest BCUT2D eigenvalue weighted by Gasteiger charge is 2.22. The van der Waals surface area contributed by atoms with E-state index in [1.165, 1.54) is 19.1 Å². The number of nitrogens with zero attached hydrogens (tertiary/aromatic N) is 4. The summed E-state index contributed by atoms with van der Waals surface area (Å²) >= 11 is 5.99. The molecule has 0 aliphatic carbocycles. The second-order valence-electron chi connectivity index (χ2n) is 8.66. The summed E-state index contributed by atoms with van der Waals surface area (Å²) in [6, 6.07) is 8.46. The Morgan fingerprint density at radius 2 is 1.97 bits per heavy atom. The molecule has 0 amide bonds. The van der Waals surface area contributed by atoms with Crippen LogP contribution in [-0.4, -0.2) is 50.7 Å². The van der Waals surface area contributed by atoms with Gasteiger partial charge in [-0.15, -0.1) is 24.8 Å². The molecule has 1 atom stereocenters. The molecule has 1 unspecified atom stereocenters. The van der Waals surface area contributed by atoms with Crippen LogP contribution in [0.5, 0.6) is 5.75 Å². The summed E-state index contributed by atoms with van der Waals surface area (Å²) in [5, 5.41) is 18.2. The summed E-state index contributed by atoms with van der Waals surface area (Å²) in [4.78, 5) is 19.1. The van der Waals surface area contributed by atoms with Crippen molar-refractivity contribution in [3.05, 3.63) is 65.3 Å². The third-order valence-corrected chi connectivity index (χ3v) is 6.50. The number of likely N-dealkylation sites (tertiary alicyclic amines) is 1. The van der Waals surface area contributed by atoms with Crippen LogP contribution in [0.1, 0.15) is 29.7 Å². The predicted octanol–water partition coefficient (Wildman–Crippen LogP) is 6.26. The molecule has 4 aromatic rings. The molecule has 1 fully saturated rings. The third-order valence-electron chi connectivity index (χ3n) is 6.21. The Morgan fingerprint density at radius 3 is 2.64 bits per heavy atom. The number of likely N-dealkylation sites (N-methyl/N-ethyl adjacent to an activating group) is 1. The van der Waals surface area contributed by atoms with Crippen LogP contribution in [0.15, 0.2) is 48.9 Å². The van der Waals surface area contributed by atoms with Gasteiger partial charge in [0.05, 0.1) is 39.7 Å². The summed E-state index contributed by atoms with van der Waals surface area (Å²) in [5.41, 5.74) is 3.64. The highest BCUT2D eigenvalue weighted by molar-refractivity contribution is 6.32. The van der Waals surface area contributed by atoms with E-state index in [9.17, 15) is 14.3 Å². The minimum absolute atomic E-state index is 0. The number of fused-ring (bicyclic) bond motifs is 1. The Morgan fingerprint density at radius 1 is 1.19 bits per heavy atom. The van der Waals surface area contributed by atoms with E-state index >= 15 is 0 Å². The first-order chi connectivity index (χ1) is 16.3. The van der Waals surface area contributed by atoms with Crippen molar-refractivity contribution in [3.63, 3.8) is 0 Å². The summed E-state index contributed by atoms with van der Waals surface area (Å²) in [6.45, 7) is 3.46. The number of phenolic OH excluding ortho intramolecular Hbond substituents is 1. The maximum absolute atomic E-state index is 14.1. The molecule has 0 bridgehead atoms. The molecular formula is C25H25Cl3FN5O2. The normalized spacial score (nSPS) is 15.4. The molecule has 2 aromatic carbocycles. The van der Waals surface area contributed by atoms with Gasteiger partial charge in [-0.1, -0.05) is 17.7 Å². The zero-order valence-corrected chi connectivity index (χ0v) is 21.9. The van der Waals surface area contributed by atoms with Crippen molar-refractivity contribution in [1.82, 2.24) is 19.7 Å². The van der Waals surface area contributed by atoms with E-state index in [0.29, 0.717) is 39.3 Å². The summed E-state index contributed by atoms with van der Waals surface area (Å²) < 4.78 is 16.1. The summed E-state index contributed by atoms with van der Waals surface area (Å²) in [7, 11) is 2.09. The molecule has 7 nitrogen and oxygen atoms in total. The van der Waals surface area contributed by atoms with Gasteiger partial charge in [-0.3, -0.25) is 14.5 Å². The number of phenols is 1. The van der Waals surface area contributed by atoms with Crippen LogP contribution in [0.3, 0.4) is 0 Å². The van der Waals surface area contributed by atoms with Gasteiger partial charge < -0.3 is 15.3 Å². The van der Waals surface area contributed by atoms with Crippen molar-refractivity contribution in [2.45, 2.75) is 19.4 Å². The summed E-state index contributed by atoms with van der Waals surface area (Å²) in [6.07, 6.45) is 6.27. The van der Waals surface area contributed by atoms with E-state index in [1.54, 1.807) is 24.5 Å². The number of halogens is 4. The number of aromatic nitrogens is 3. The molecule has 11 heteroatoms. The van der Waals surface area contributed by atoms with Crippen LogP contribution in [0.2, 0.25) is 5.02 Å². The Labute approximate surface area is 225 Å². The first-order valence-electron chi connectivity index (χ1n) is 10.9. The van der Waals surface area contributed by atoms with Crippen LogP contribution < -0.4 is 5.32 Å². The average molecular weight is 553 g/mol. The maximum Gasteiger partial charge on any atom is 0.170 e. The van der Waals surface area contributed by atoms with Crippen molar-refractivity contribution >= 4 is 64.5 Å². The van der Waals surface area contributed by atoms with Gasteiger partial charge in [-0.2, -0.15) is 5.10 Å². The summed E-state index contributed by atoms with van der Waals surface area (Å²) in [5.74, 6) is -1.52. The van der Waals surface area contributed by atoms with E-state index in [0.717, 1.165) is 25.2 Å². The number of rotatable bonds is 5. The van der Waals surface area contributed by atoms with E-state index < -0.39 is 11.6 Å². The number of ketones is 1. The van der Waals surface area contributed by atoms with Crippen LogP contribution in [0.25, 0.3) is 22.0 Å². The number of aromatic hydroxyl groups is 1. The number of nitrogens with one attached hydrogen (secondary N) is 1. The third kappa shape index (κ3) is 5.27. The Kier molecular flexibility index (Phi) is 8.46. The van der Waals surface area contributed by atoms with Crippen LogP contribution >= 0.6 is 36.4 Å². The van der Waals surface area contributed by atoms with E-state index in [1.807, 2.05) is 16.9 Å². The van der Waals surface area contributed by atoms with Crippen LogP contribution in [0, 0.1) is 5.82 Å². The molecule has 0 saturated carbocycles. The van der Waals surface area contributed by atoms with Crippen molar-refractivity contribution < 1.29 is 14.3 Å². The van der Waals surface area contributed by atoms with Crippen molar-refractivity contribution in [1.29, 1.82) is 0 Å². The zero-order chi connectivity index (χ0) is 24.0. The van der Waals surface area contributed by atoms with Gasteiger partial charge in [-0.05, 0) is 62.3 Å². The first-order valence-corrected chi connectivity index (χ1v) is 11.3. The zero-order valence-electron chi connectivity index (χ0n) is 19.5. The highest BCUT2D eigenvalue weighted by atomic mass is 35.5. The second kappa shape index (κ2) is 11.0. The molecule has 5 rings (SSSR count). The Balaban J connectivity index is 0.00000180. The molecule has 190 valence electrons. The molecule has 3 heterocycles. The lowest BCUT2D eigenvalue weighted by atomic mass is 10.00. The quantitative estimate of drug-likeness (QED) is 0.284. The van der Waals surface area contributed by atoms with Crippen LogP contribution in [-0.2, 0) is 0 Å². The molecule has 0 spiro atoms. The van der Waals surface area contributed by atoms with Crippen molar-refractivity contribution in [2.75, 3.05) is 25.5 Å². The number of Topliss-reactive ketones (excluding diaryl/α,β-unsaturated/α-hetero) is 1. The predicted molar refractivity (Wildman–Crippen MR) is 145 cm³/mol. The first kappa shape index (κ1) is 27.7. The molecular weight excluding hydrogens is 528 g/mol. The fourth-order valence-corrected chi connectivity index (χ4v) is 4.59. The van der Waals surface area contributed by atoms with Gasteiger partial charge in [0, 0.05) is 24.3 Å². The van der Waals surface area contributed by atoms with Crippen molar-refractivity contribution in [3.8, 4) is 16.9 Å². The minimum Gasteiger partial charge on any atom is -0.504 e. The molecule has 2 aromatic heterocycles. The smallest absolute Gasteiger partial charge is 0.170 e. The van der Waals surface area contributed by atoms with Gasteiger partial charge in [0.15, 0.2) is 17.3 Å². The fourth-order valence-electron chi connectivity index (χ4n) is 4.38. The minimum atomic E-state index is -0.804. The van der Waals surface area contributed by atoms with Gasteiger partial charge in [-0.25, -0.2) is 4.39 Å². The van der Waals surface area contributed by atoms with Gasteiger partial charge in [0.1, 0.15) is 0 Å². The monoisotopic (exact) mass is 551 g/mol. The van der Waals surface area contributed by atoms with E-state index in [-0.39, 0.29) is 35.6 Å². The molecule has 36 heavy (non-hydrogen) atoms. The number of hydrogen-bond acceptors (Lipinski definition) is 6. The van der Waals surface area contributed by atoms with Gasteiger partial charge in [0.25, 0.3) is 0 Å². The van der Waals surface area contributed by atoms with E-state index in [4.69, 9.17) is 11.6 Å². The largest absolute Gasteiger partial charge is 0.504 e. The number of hydrogen-bond donors (Lipinski definition) is 2. The fraction of sp³-hybridized carbons (Fsp3) is 0.240. The molecule has 1 aliphatic heterocycles. The number of carbonyl (C=O) groups is 1.